The normalized spacial score (nSPS) is 18.0. The Morgan fingerprint density at radius 2 is 1.69 bits per heavy atom. The minimum Gasteiger partial charge on any atom is -0.391 e. The maximum atomic E-state index is 6.53. The Morgan fingerprint density at radius 1 is 1.08 bits per heavy atom. The van der Waals surface area contributed by atoms with Crippen molar-refractivity contribution in [2.75, 3.05) is 26.4 Å². The molecule has 0 amide bonds. The van der Waals surface area contributed by atoms with Gasteiger partial charge in [-0.2, -0.15) is 0 Å². The highest BCUT2D eigenvalue weighted by molar-refractivity contribution is 6.81. The van der Waals surface area contributed by atoms with Crippen molar-refractivity contribution in [2.24, 2.45) is 0 Å². The average Bonchev–Trinajstić information content (AvgIpc) is 3.49. The first-order chi connectivity index (χ1) is 12.7. The molecule has 2 unspecified atom stereocenters. The fourth-order valence-electron chi connectivity index (χ4n) is 2.86. The molecule has 1 aromatic rings. The standard InChI is InChI=1S/C21H36O4Si/c1-4-6-14-24-26(25-15-7-5-2,21-11-9-8-10-12-21)16-13-19(3)22-17-20-18-23-20/h8-12,19-20H,4-7,13-18H2,1-3H3. The minimum absolute atomic E-state index is 0.194. The Balaban J connectivity index is 2.04. The van der Waals surface area contributed by atoms with Gasteiger partial charge in [-0.25, -0.2) is 0 Å². The van der Waals surface area contributed by atoms with Crippen LogP contribution in [0.15, 0.2) is 30.3 Å². The van der Waals surface area contributed by atoms with Crippen LogP contribution in [0.3, 0.4) is 0 Å². The highest BCUT2D eigenvalue weighted by Gasteiger charge is 2.40. The van der Waals surface area contributed by atoms with Gasteiger partial charge in [-0.1, -0.05) is 57.0 Å². The maximum absolute atomic E-state index is 6.53. The SMILES string of the molecule is CCCCO[Si](CCC(C)OCC1CO1)(OCCCC)c1ccccc1. The zero-order valence-corrected chi connectivity index (χ0v) is 17.7. The van der Waals surface area contributed by atoms with Gasteiger partial charge in [-0.15, -0.1) is 0 Å². The van der Waals surface area contributed by atoms with Crippen LogP contribution >= 0.6 is 0 Å². The number of benzene rings is 1. The molecule has 2 rings (SSSR count). The van der Waals surface area contributed by atoms with E-state index in [1.54, 1.807) is 0 Å². The van der Waals surface area contributed by atoms with Crippen molar-refractivity contribution in [2.45, 2.75) is 71.1 Å². The van der Waals surface area contributed by atoms with E-state index in [9.17, 15) is 0 Å². The summed E-state index contributed by atoms with van der Waals surface area (Å²) in [5.41, 5.74) is 0. The summed E-state index contributed by atoms with van der Waals surface area (Å²) in [5.74, 6) is 0. The lowest BCUT2D eigenvalue weighted by atomic mass is 10.3. The van der Waals surface area contributed by atoms with Gasteiger partial charge in [0.2, 0.25) is 0 Å². The first-order valence-electron chi connectivity index (χ1n) is 10.3. The van der Waals surface area contributed by atoms with E-state index in [2.05, 4.69) is 51.1 Å². The van der Waals surface area contributed by atoms with E-state index in [1.807, 2.05) is 0 Å². The quantitative estimate of drug-likeness (QED) is 0.260. The lowest BCUT2D eigenvalue weighted by Crippen LogP contribution is -2.54. The molecule has 26 heavy (non-hydrogen) atoms. The summed E-state index contributed by atoms with van der Waals surface area (Å²) >= 11 is 0. The molecule has 1 saturated heterocycles. The largest absolute Gasteiger partial charge is 0.391 e. The third-order valence-electron chi connectivity index (χ3n) is 4.73. The maximum Gasteiger partial charge on any atom is 0.372 e. The number of rotatable bonds is 15. The third-order valence-corrected chi connectivity index (χ3v) is 8.23. The molecule has 1 fully saturated rings. The van der Waals surface area contributed by atoms with Crippen LogP contribution < -0.4 is 5.19 Å². The second kappa shape index (κ2) is 11.9. The molecule has 1 aliphatic heterocycles. The van der Waals surface area contributed by atoms with Crippen LogP contribution in [0.4, 0.5) is 0 Å². The molecule has 0 N–H and O–H groups in total. The molecule has 2 atom stereocenters. The lowest BCUT2D eigenvalue weighted by molar-refractivity contribution is 0.0497. The molecule has 0 bridgehead atoms. The predicted molar refractivity (Wildman–Crippen MR) is 108 cm³/mol. The van der Waals surface area contributed by atoms with E-state index in [-0.39, 0.29) is 6.10 Å². The molecule has 0 saturated carbocycles. The summed E-state index contributed by atoms with van der Waals surface area (Å²) in [6.07, 6.45) is 5.87. The molecular weight excluding hydrogens is 344 g/mol. The molecule has 148 valence electrons. The van der Waals surface area contributed by atoms with Crippen molar-refractivity contribution in [1.82, 2.24) is 0 Å². The topological polar surface area (TPSA) is 40.2 Å². The first-order valence-corrected chi connectivity index (χ1v) is 12.3. The van der Waals surface area contributed by atoms with E-state index in [4.69, 9.17) is 18.3 Å². The molecule has 1 aliphatic rings. The molecule has 1 aromatic carbocycles. The van der Waals surface area contributed by atoms with E-state index in [1.165, 1.54) is 5.19 Å². The van der Waals surface area contributed by atoms with Crippen LogP contribution in [-0.2, 0) is 18.3 Å². The van der Waals surface area contributed by atoms with Gasteiger partial charge >= 0.3 is 8.56 Å². The van der Waals surface area contributed by atoms with Crippen molar-refractivity contribution in [1.29, 1.82) is 0 Å². The summed E-state index contributed by atoms with van der Waals surface area (Å²) < 4.78 is 24.2. The van der Waals surface area contributed by atoms with Gasteiger partial charge in [0.25, 0.3) is 0 Å². The average molecular weight is 381 g/mol. The van der Waals surface area contributed by atoms with Crippen molar-refractivity contribution in [3.63, 3.8) is 0 Å². The molecule has 1 heterocycles. The highest BCUT2D eigenvalue weighted by Crippen LogP contribution is 2.21. The van der Waals surface area contributed by atoms with Gasteiger partial charge < -0.3 is 18.3 Å². The second-order valence-corrected chi connectivity index (χ2v) is 10.3. The summed E-state index contributed by atoms with van der Waals surface area (Å²) in [6.45, 7) is 9.63. The van der Waals surface area contributed by atoms with Gasteiger partial charge in [0, 0.05) is 13.2 Å². The molecule has 4 nitrogen and oxygen atoms in total. The fraction of sp³-hybridized carbons (Fsp3) is 0.714. The van der Waals surface area contributed by atoms with Crippen LogP contribution in [0.1, 0.15) is 52.9 Å². The minimum atomic E-state index is -2.46. The Morgan fingerprint density at radius 3 is 2.23 bits per heavy atom. The van der Waals surface area contributed by atoms with E-state index in [0.717, 1.165) is 58.0 Å². The predicted octanol–water partition coefficient (Wildman–Crippen LogP) is 4.16. The second-order valence-electron chi connectivity index (χ2n) is 7.16. The van der Waals surface area contributed by atoms with Gasteiger partial charge in [-0.05, 0) is 37.4 Å². The Kier molecular flexibility index (Phi) is 9.86. The van der Waals surface area contributed by atoms with Crippen molar-refractivity contribution in [3.8, 4) is 0 Å². The van der Waals surface area contributed by atoms with Crippen LogP contribution in [0.5, 0.6) is 0 Å². The Hall–Kier alpha value is -0.723. The summed E-state index contributed by atoms with van der Waals surface area (Å²) in [7, 11) is -2.46. The van der Waals surface area contributed by atoms with Crippen LogP contribution in [0, 0.1) is 0 Å². The number of hydrogen-bond donors (Lipinski definition) is 0. The van der Waals surface area contributed by atoms with Crippen molar-refractivity contribution in [3.05, 3.63) is 30.3 Å². The Labute approximate surface area is 160 Å². The van der Waals surface area contributed by atoms with Crippen molar-refractivity contribution < 1.29 is 18.3 Å². The van der Waals surface area contributed by atoms with Gasteiger partial charge in [0.05, 0.1) is 19.3 Å². The van der Waals surface area contributed by atoms with Crippen LogP contribution in [-0.4, -0.2) is 47.2 Å². The molecule has 5 heteroatoms. The molecule has 0 radical (unpaired) electrons. The third kappa shape index (κ3) is 7.49. The first kappa shape index (κ1) is 21.6. The van der Waals surface area contributed by atoms with Gasteiger partial charge in [-0.3, -0.25) is 0 Å². The monoisotopic (exact) mass is 380 g/mol. The summed E-state index contributed by atoms with van der Waals surface area (Å²) in [5, 5.41) is 1.24. The fourth-order valence-corrected chi connectivity index (χ4v) is 6.29. The highest BCUT2D eigenvalue weighted by atomic mass is 28.4. The van der Waals surface area contributed by atoms with E-state index < -0.39 is 8.56 Å². The van der Waals surface area contributed by atoms with Crippen LogP contribution in [0.2, 0.25) is 6.04 Å². The molecule has 0 spiro atoms. The van der Waals surface area contributed by atoms with Crippen LogP contribution in [0.25, 0.3) is 0 Å². The zero-order chi connectivity index (χ0) is 18.7. The van der Waals surface area contributed by atoms with E-state index >= 15 is 0 Å². The number of unbranched alkanes of at least 4 members (excludes halogenated alkanes) is 2. The van der Waals surface area contributed by atoms with Gasteiger partial charge in [0.1, 0.15) is 6.10 Å². The Bertz CT molecular complexity index is 468. The number of ether oxygens (including phenoxy) is 2. The lowest BCUT2D eigenvalue weighted by Gasteiger charge is -2.32. The van der Waals surface area contributed by atoms with E-state index in [0.29, 0.717) is 12.7 Å². The summed E-state index contributed by atoms with van der Waals surface area (Å²) in [4.78, 5) is 0. The smallest absolute Gasteiger partial charge is 0.372 e. The molecule has 0 aromatic heterocycles. The molecular formula is C21H36O4Si. The zero-order valence-electron chi connectivity index (χ0n) is 16.7. The van der Waals surface area contributed by atoms with Crippen molar-refractivity contribution >= 4 is 13.7 Å². The van der Waals surface area contributed by atoms with Gasteiger partial charge in [0.15, 0.2) is 0 Å². The summed E-state index contributed by atoms with van der Waals surface area (Å²) in [6, 6.07) is 11.5. The molecule has 0 aliphatic carbocycles. The number of epoxide rings is 1. The number of hydrogen-bond acceptors (Lipinski definition) is 4.